The Morgan fingerprint density at radius 3 is 2.53 bits per heavy atom. The van der Waals surface area contributed by atoms with E-state index >= 15 is 0 Å². The van der Waals surface area contributed by atoms with E-state index in [-0.39, 0.29) is 17.8 Å². The topological polar surface area (TPSA) is 54.4 Å². The van der Waals surface area contributed by atoms with Gasteiger partial charge in [0.25, 0.3) is 0 Å². The summed E-state index contributed by atoms with van der Waals surface area (Å²) in [7, 11) is -3.20. The largest absolute Gasteiger partial charge is 0.396 e. The molecule has 0 aromatic heterocycles. The summed E-state index contributed by atoms with van der Waals surface area (Å²) in [5.74, 6) is -0.138. The molecular weight excluding hydrogens is 236 g/mol. The van der Waals surface area contributed by atoms with Gasteiger partial charge in [-0.1, -0.05) is 31.5 Å². The second-order valence-corrected chi connectivity index (χ2v) is 6.92. The molecular formula is C13H18O3S. The van der Waals surface area contributed by atoms with Crippen LogP contribution in [0.15, 0.2) is 29.2 Å². The van der Waals surface area contributed by atoms with Crippen molar-refractivity contribution in [2.24, 2.45) is 0 Å². The summed E-state index contributed by atoms with van der Waals surface area (Å²) >= 11 is 0. The van der Waals surface area contributed by atoms with Crippen molar-refractivity contribution < 1.29 is 13.5 Å². The van der Waals surface area contributed by atoms with Gasteiger partial charge in [-0.2, -0.15) is 0 Å². The smallest absolute Gasteiger partial charge is 0.181 e. The molecule has 1 aromatic carbocycles. The first-order valence-electron chi connectivity index (χ1n) is 6.01. The van der Waals surface area contributed by atoms with E-state index in [4.69, 9.17) is 0 Å². The minimum atomic E-state index is -3.20. The average Bonchev–Trinajstić information content (AvgIpc) is 2.25. The van der Waals surface area contributed by atoms with E-state index in [1.54, 1.807) is 18.2 Å². The minimum absolute atomic E-state index is 0.0306. The zero-order valence-electron chi connectivity index (χ0n) is 9.96. The summed E-state index contributed by atoms with van der Waals surface area (Å²) in [4.78, 5) is 0.409. The molecule has 94 valence electrons. The molecule has 1 fully saturated rings. The maximum atomic E-state index is 12.4. The lowest BCUT2D eigenvalue weighted by atomic mass is 10.00. The van der Waals surface area contributed by atoms with Gasteiger partial charge in [0.15, 0.2) is 9.84 Å². The van der Waals surface area contributed by atoms with Crippen molar-refractivity contribution in [3.8, 4) is 0 Å². The van der Waals surface area contributed by atoms with Gasteiger partial charge in [0.1, 0.15) is 0 Å². The highest BCUT2D eigenvalue weighted by Gasteiger charge is 2.34. The van der Waals surface area contributed by atoms with Crippen LogP contribution in [0.3, 0.4) is 0 Å². The van der Waals surface area contributed by atoms with Gasteiger partial charge in [0.05, 0.1) is 10.1 Å². The fourth-order valence-electron chi connectivity index (χ4n) is 2.11. The van der Waals surface area contributed by atoms with Gasteiger partial charge in [0.2, 0.25) is 0 Å². The van der Waals surface area contributed by atoms with E-state index in [9.17, 15) is 13.5 Å². The lowest BCUT2D eigenvalue weighted by Crippen LogP contribution is -2.29. The molecule has 0 amide bonds. The minimum Gasteiger partial charge on any atom is -0.396 e. The highest BCUT2D eigenvalue weighted by Crippen LogP contribution is 2.34. The standard InChI is InChI=1S/C13H18O3S/c1-10(9-14)12-7-2-3-8-13(12)17(15,16)11-5-4-6-11/h2-3,7-8,10-11,14H,4-6,9H2,1H3. The second kappa shape index (κ2) is 4.78. The van der Waals surface area contributed by atoms with Crippen molar-refractivity contribution in [3.05, 3.63) is 29.8 Å². The SMILES string of the molecule is CC(CO)c1ccccc1S(=O)(=O)C1CCC1. The molecule has 1 unspecified atom stereocenters. The molecule has 3 nitrogen and oxygen atoms in total. The molecule has 0 radical (unpaired) electrons. The third-order valence-electron chi connectivity index (χ3n) is 3.52. The maximum Gasteiger partial charge on any atom is 0.181 e. The summed E-state index contributed by atoms with van der Waals surface area (Å²) in [6.07, 6.45) is 2.54. The molecule has 0 bridgehead atoms. The third kappa shape index (κ3) is 2.24. The van der Waals surface area contributed by atoms with Crippen LogP contribution in [0.25, 0.3) is 0 Å². The molecule has 0 saturated heterocycles. The number of rotatable bonds is 4. The maximum absolute atomic E-state index is 12.4. The Labute approximate surface area is 102 Å². The van der Waals surface area contributed by atoms with Crippen molar-refractivity contribution in [1.82, 2.24) is 0 Å². The Balaban J connectivity index is 2.44. The first kappa shape index (κ1) is 12.6. The predicted molar refractivity (Wildman–Crippen MR) is 66.8 cm³/mol. The molecule has 1 saturated carbocycles. The molecule has 0 heterocycles. The molecule has 2 rings (SSSR count). The van der Waals surface area contributed by atoms with Crippen LogP contribution in [0.1, 0.15) is 37.7 Å². The molecule has 17 heavy (non-hydrogen) atoms. The number of aliphatic hydroxyl groups excluding tert-OH is 1. The molecule has 1 aliphatic rings. The molecule has 1 N–H and O–H groups in total. The van der Waals surface area contributed by atoms with Crippen molar-refractivity contribution in [3.63, 3.8) is 0 Å². The van der Waals surface area contributed by atoms with Crippen LogP contribution in [-0.4, -0.2) is 25.4 Å². The predicted octanol–water partition coefficient (Wildman–Crippen LogP) is 2.11. The Morgan fingerprint density at radius 2 is 2.00 bits per heavy atom. The van der Waals surface area contributed by atoms with Crippen LogP contribution < -0.4 is 0 Å². The second-order valence-electron chi connectivity index (χ2n) is 4.72. The van der Waals surface area contributed by atoms with Gasteiger partial charge in [-0.05, 0) is 24.5 Å². The number of sulfone groups is 1. The van der Waals surface area contributed by atoms with Crippen LogP contribution in [0.4, 0.5) is 0 Å². The fraction of sp³-hybridized carbons (Fsp3) is 0.538. The van der Waals surface area contributed by atoms with Gasteiger partial charge in [-0.3, -0.25) is 0 Å². The normalized spacial score (nSPS) is 18.7. The highest BCUT2D eigenvalue weighted by atomic mass is 32.2. The van der Waals surface area contributed by atoms with Crippen LogP contribution in [0.5, 0.6) is 0 Å². The highest BCUT2D eigenvalue weighted by molar-refractivity contribution is 7.92. The number of aliphatic hydroxyl groups is 1. The van der Waals surface area contributed by atoms with Gasteiger partial charge in [-0.25, -0.2) is 8.42 Å². The van der Waals surface area contributed by atoms with Gasteiger partial charge in [-0.15, -0.1) is 0 Å². The average molecular weight is 254 g/mol. The summed E-state index contributed by atoms with van der Waals surface area (Å²) in [5.41, 5.74) is 0.738. The monoisotopic (exact) mass is 254 g/mol. The van der Waals surface area contributed by atoms with Crippen molar-refractivity contribution in [1.29, 1.82) is 0 Å². The quantitative estimate of drug-likeness (QED) is 0.895. The van der Waals surface area contributed by atoms with E-state index in [0.29, 0.717) is 4.90 Å². The lowest BCUT2D eigenvalue weighted by molar-refractivity contribution is 0.271. The summed E-state index contributed by atoms with van der Waals surface area (Å²) in [6, 6.07) is 7.03. The molecule has 0 spiro atoms. The Hall–Kier alpha value is -0.870. The van der Waals surface area contributed by atoms with Gasteiger partial charge >= 0.3 is 0 Å². The van der Waals surface area contributed by atoms with Crippen LogP contribution in [0.2, 0.25) is 0 Å². The first-order chi connectivity index (χ1) is 8.07. The summed E-state index contributed by atoms with van der Waals surface area (Å²) in [6.45, 7) is 1.81. The zero-order chi connectivity index (χ0) is 12.5. The summed E-state index contributed by atoms with van der Waals surface area (Å²) in [5, 5.41) is 8.98. The molecule has 1 aliphatic carbocycles. The van der Waals surface area contributed by atoms with E-state index in [0.717, 1.165) is 24.8 Å². The van der Waals surface area contributed by atoms with Crippen molar-refractivity contribution in [2.45, 2.75) is 42.2 Å². The van der Waals surface area contributed by atoms with E-state index in [2.05, 4.69) is 0 Å². The Kier molecular flexibility index (Phi) is 3.54. The van der Waals surface area contributed by atoms with E-state index in [1.807, 2.05) is 13.0 Å². The number of hydrogen-bond donors (Lipinski definition) is 1. The fourth-order valence-corrected chi connectivity index (χ4v) is 4.28. The van der Waals surface area contributed by atoms with E-state index < -0.39 is 9.84 Å². The lowest BCUT2D eigenvalue weighted by Gasteiger charge is -2.27. The van der Waals surface area contributed by atoms with E-state index in [1.165, 1.54) is 0 Å². The number of benzene rings is 1. The van der Waals surface area contributed by atoms with Crippen LogP contribution in [-0.2, 0) is 9.84 Å². The van der Waals surface area contributed by atoms with Crippen LogP contribution in [0, 0.1) is 0 Å². The molecule has 0 aliphatic heterocycles. The Bertz CT molecular complexity index is 489. The van der Waals surface area contributed by atoms with Gasteiger partial charge in [0, 0.05) is 12.5 Å². The molecule has 4 heteroatoms. The van der Waals surface area contributed by atoms with Crippen molar-refractivity contribution >= 4 is 9.84 Å². The number of hydrogen-bond acceptors (Lipinski definition) is 3. The van der Waals surface area contributed by atoms with Gasteiger partial charge < -0.3 is 5.11 Å². The molecule has 1 atom stereocenters. The first-order valence-corrected chi connectivity index (χ1v) is 7.55. The van der Waals surface area contributed by atoms with Crippen LogP contribution >= 0.6 is 0 Å². The third-order valence-corrected chi connectivity index (χ3v) is 5.86. The Morgan fingerprint density at radius 1 is 1.35 bits per heavy atom. The van der Waals surface area contributed by atoms with Crippen molar-refractivity contribution in [2.75, 3.05) is 6.61 Å². The summed E-state index contributed by atoms with van der Waals surface area (Å²) < 4.78 is 24.7. The molecule has 1 aromatic rings. The zero-order valence-corrected chi connectivity index (χ0v) is 10.8.